The third-order valence-electron chi connectivity index (χ3n) is 0.407. The van der Waals surface area contributed by atoms with Gasteiger partial charge in [0.15, 0.2) is 0 Å². The molecular formula is C5H11NO. The molecule has 0 rings (SSSR count). The van der Waals surface area contributed by atoms with Crippen LogP contribution in [0.5, 0.6) is 0 Å². The molecule has 0 radical (unpaired) electrons. The lowest BCUT2D eigenvalue weighted by molar-refractivity contribution is 0.824. The Morgan fingerprint density at radius 3 is 2.14 bits per heavy atom. The van der Waals surface area contributed by atoms with Gasteiger partial charge in [0.05, 0.1) is 0 Å². The van der Waals surface area contributed by atoms with E-state index < -0.39 is 0 Å². The topological polar surface area (TPSA) is 43.5 Å². The van der Waals surface area contributed by atoms with E-state index in [9.17, 15) is 0 Å². The molecule has 0 saturated heterocycles. The van der Waals surface area contributed by atoms with E-state index in [2.05, 4.69) is 18.5 Å². The van der Waals surface area contributed by atoms with Crippen molar-refractivity contribution in [3.8, 4) is 0 Å². The van der Waals surface area contributed by atoms with Crippen LogP contribution in [-0.4, -0.2) is 12.0 Å². The first-order valence-electron chi connectivity index (χ1n) is 1.87. The smallest absolute Gasteiger partial charge is 0.0322 e. The Balaban J connectivity index is 0. The van der Waals surface area contributed by atoms with Crippen molar-refractivity contribution in [2.45, 2.75) is 0 Å². The van der Waals surface area contributed by atoms with Gasteiger partial charge in [-0.3, -0.25) is 0 Å². The molecule has 0 bridgehead atoms. The summed E-state index contributed by atoms with van der Waals surface area (Å²) >= 11 is 0. The van der Waals surface area contributed by atoms with Crippen molar-refractivity contribution in [3.63, 3.8) is 0 Å². The van der Waals surface area contributed by atoms with Crippen LogP contribution in [0, 0.1) is 0 Å². The van der Waals surface area contributed by atoms with Gasteiger partial charge in [0.25, 0.3) is 0 Å². The van der Waals surface area contributed by atoms with Crippen LogP contribution in [0.4, 0.5) is 0 Å². The molecule has 3 N–H and O–H groups in total. The molecule has 0 unspecified atom stereocenters. The third kappa shape index (κ3) is 11.0. The Bertz CT molecular complexity index is 44.0. The average molecular weight is 101 g/mol. The second-order valence-electron chi connectivity index (χ2n) is 0.901. The minimum Gasteiger partial charge on any atom is -0.412 e. The van der Waals surface area contributed by atoms with E-state index in [0.29, 0.717) is 0 Å². The highest BCUT2D eigenvalue weighted by atomic mass is 16.0. The van der Waals surface area contributed by atoms with Gasteiger partial charge in [-0.05, 0) is 6.20 Å². The number of hydrogen-bond donors (Lipinski definition) is 1. The Kier molecular flexibility index (Phi) is 12.2. The van der Waals surface area contributed by atoms with E-state index in [1.54, 1.807) is 12.3 Å². The lowest BCUT2D eigenvalue weighted by Gasteiger charge is -1.85. The zero-order valence-electron chi connectivity index (χ0n) is 4.28. The lowest BCUT2D eigenvalue weighted by Crippen LogP contribution is -2.01. The lowest BCUT2D eigenvalue weighted by atomic mass is 10.6. The summed E-state index contributed by atoms with van der Waals surface area (Å²) < 4.78 is 0. The zero-order valence-corrected chi connectivity index (χ0v) is 4.28. The molecule has 0 saturated carbocycles. The van der Waals surface area contributed by atoms with Crippen LogP contribution in [0.15, 0.2) is 25.4 Å². The fourth-order valence-electron chi connectivity index (χ4n) is 0.167. The van der Waals surface area contributed by atoms with Gasteiger partial charge in [-0.25, -0.2) is 0 Å². The fraction of sp³-hybridized carbons (Fsp3) is 0.200. The van der Waals surface area contributed by atoms with Crippen LogP contribution >= 0.6 is 0 Å². The van der Waals surface area contributed by atoms with Crippen LogP contribution in [0.2, 0.25) is 0 Å². The second-order valence-corrected chi connectivity index (χ2v) is 0.901. The fourth-order valence-corrected chi connectivity index (χ4v) is 0.167. The van der Waals surface area contributed by atoms with Gasteiger partial charge in [-0.15, -0.1) is 6.58 Å². The third-order valence-corrected chi connectivity index (χ3v) is 0.407. The molecular weight excluding hydrogens is 90.1 g/mol. The first-order valence-corrected chi connectivity index (χ1v) is 1.87. The van der Waals surface area contributed by atoms with E-state index in [0.717, 1.165) is 6.54 Å². The maximum Gasteiger partial charge on any atom is 0.0322 e. The highest BCUT2D eigenvalue weighted by Crippen LogP contribution is 1.55. The van der Waals surface area contributed by atoms with Crippen molar-refractivity contribution in [1.29, 1.82) is 0 Å². The van der Waals surface area contributed by atoms with Crippen molar-refractivity contribution in [2.75, 3.05) is 6.54 Å². The Morgan fingerprint density at radius 2 is 2.00 bits per heavy atom. The summed E-state index contributed by atoms with van der Waals surface area (Å²) in [5, 5.41) is 2.84. The van der Waals surface area contributed by atoms with Gasteiger partial charge in [0, 0.05) is 6.54 Å². The van der Waals surface area contributed by atoms with Gasteiger partial charge < -0.3 is 10.8 Å². The molecule has 0 amide bonds. The van der Waals surface area contributed by atoms with E-state index in [4.69, 9.17) is 0 Å². The van der Waals surface area contributed by atoms with Crippen molar-refractivity contribution >= 4 is 0 Å². The molecule has 2 nitrogen and oxygen atoms in total. The normalized spacial score (nSPS) is 5.71. The summed E-state index contributed by atoms with van der Waals surface area (Å²) in [6.07, 6.45) is 3.42. The molecule has 0 heterocycles. The second kappa shape index (κ2) is 8.97. The monoisotopic (exact) mass is 101 g/mol. The van der Waals surface area contributed by atoms with E-state index in [1.165, 1.54) is 0 Å². The summed E-state index contributed by atoms with van der Waals surface area (Å²) in [4.78, 5) is 0. The summed E-state index contributed by atoms with van der Waals surface area (Å²) in [5.41, 5.74) is 0. The molecule has 7 heavy (non-hydrogen) atoms. The first-order chi connectivity index (χ1) is 2.91. The summed E-state index contributed by atoms with van der Waals surface area (Å²) in [5.74, 6) is 0. The van der Waals surface area contributed by atoms with Crippen molar-refractivity contribution < 1.29 is 5.48 Å². The maximum atomic E-state index is 3.49. The molecule has 0 aromatic carbocycles. The molecule has 0 aliphatic heterocycles. The summed E-state index contributed by atoms with van der Waals surface area (Å²) in [7, 11) is 0. The van der Waals surface area contributed by atoms with Gasteiger partial charge >= 0.3 is 0 Å². The van der Waals surface area contributed by atoms with Crippen LogP contribution in [0.1, 0.15) is 0 Å². The van der Waals surface area contributed by atoms with Crippen LogP contribution < -0.4 is 5.32 Å². The summed E-state index contributed by atoms with van der Waals surface area (Å²) in [6, 6.07) is 0. The van der Waals surface area contributed by atoms with E-state index in [1.807, 2.05) is 0 Å². The SMILES string of the molecule is C=CCNC=C.O. The van der Waals surface area contributed by atoms with Crippen molar-refractivity contribution in [1.82, 2.24) is 5.32 Å². The molecule has 0 spiro atoms. The minimum absolute atomic E-state index is 0. The van der Waals surface area contributed by atoms with Gasteiger partial charge in [-0.2, -0.15) is 0 Å². The largest absolute Gasteiger partial charge is 0.412 e. The Labute approximate surface area is 43.9 Å². The standard InChI is InChI=1S/C5H9N.H2O/c1-3-5-6-4-2;/h3-4,6H,1-2,5H2;1H2. The maximum absolute atomic E-state index is 3.49. The number of hydrogen-bond acceptors (Lipinski definition) is 1. The van der Waals surface area contributed by atoms with Crippen molar-refractivity contribution in [3.05, 3.63) is 25.4 Å². The predicted molar refractivity (Wildman–Crippen MR) is 32.0 cm³/mol. The quantitative estimate of drug-likeness (QED) is 0.397. The van der Waals surface area contributed by atoms with Gasteiger partial charge in [-0.1, -0.05) is 12.7 Å². The van der Waals surface area contributed by atoms with Crippen LogP contribution in [0.25, 0.3) is 0 Å². The highest BCUT2D eigenvalue weighted by molar-refractivity contribution is 4.74. The van der Waals surface area contributed by atoms with Crippen molar-refractivity contribution in [2.24, 2.45) is 0 Å². The van der Waals surface area contributed by atoms with Gasteiger partial charge in [0.2, 0.25) is 0 Å². The van der Waals surface area contributed by atoms with Gasteiger partial charge in [0.1, 0.15) is 0 Å². The first kappa shape index (κ1) is 9.53. The molecule has 42 valence electrons. The number of rotatable bonds is 3. The summed E-state index contributed by atoms with van der Waals surface area (Å²) in [6.45, 7) is 7.74. The van der Waals surface area contributed by atoms with Crippen LogP contribution in [0.3, 0.4) is 0 Å². The molecule has 0 aliphatic carbocycles. The zero-order chi connectivity index (χ0) is 4.83. The molecule has 0 atom stereocenters. The Hall–Kier alpha value is -0.760. The van der Waals surface area contributed by atoms with E-state index >= 15 is 0 Å². The van der Waals surface area contributed by atoms with E-state index in [-0.39, 0.29) is 5.48 Å². The van der Waals surface area contributed by atoms with Crippen LogP contribution in [-0.2, 0) is 0 Å². The number of nitrogens with one attached hydrogen (secondary N) is 1. The molecule has 0 aliphatic rings. The molecule has 2 heteroatoms. The Morgan fingerprint density at radius 1 is 1.43 bits per heavy atom. The highest BCUT2D eigenvalue weighted by Gasteiger charge is 1.59. The molecule has 0 aromatic heterocycles. The molecule has 0 fully saturated rings. The molecule has 0 aromatic rings. The predicted octanol–water partition coefficient (Wildman–Crippen LogP) is 0.0808. The minimum atomic E-state index is 0. The average Bonchev–Trinajstić information content (AvgIpc) is 1.61.